The van der Waals surface area contributed by atoms with Gasteiger partial charge < -0.3 is 9.30 Å². The highest BCUT2D eigenvalue weighted by Gasteiger charge is 2.22. The second kappa shape index (κ2) is 5.72. The van der Waals surface area contributed by atoms with Crippen LogP contribution in [-0.2, 0) is 29.4 Å². The van der Waals surface area contributed by atoms with E-state index in [1.165, 1.54) is 11.1 Å². The van der Waals surface area contributed by atoms with E-state index in [4.69, 9.17) is 4.74 Å². The number of hydrogen-bond acceptors (Lipinski definition) is 5. The van der Waals surface area contributed by atoms with Gasteiger partial charge in [0.05, 0.1) is 11.5 Å². The maximum absolute atomic E-state index is 11.7. The van der Waals surface area contributed by atoms with Crippen LogP contribution >= 0.6 is 0 Å². The molecule has 0 fully saturated rings. The van der Waals surface area contributed by atoms with E-state index in [9.17, 15) is 8.42 Å². The van der Waals surface area contributed by atoms with Crippen LogP contribution < -0.4 is 4.74 Å². The molecule has 1 aromatic heterocycles. The van der Waals surface area contributed by atoms with Crippen LogP contribution in [0.4, 0.5) is 0 Å². The number of fused-ring (bicyclic) bond motifs is 1. The molecule has 0 saturated carbocycles. The van der Waals surface area contributed by atoms with Crippen molar-refractivity contribution in [2.45, 2.75) is 33.4 Å². The Balaban J connectivity index is 1.74. The SMILES string of the molecule is Cc1ccc(OCc2nnc3n2CCS(=O)(=O)CC3)cc1C. The summed E-state index contributed by atoms with van der Waals surface area (Å²) in [6.45, 7) is 4.78. The lowest BCUT2D eigenvalue weighted by Gasteiger charge is -2.09. The number of nitrogens with zero attached hydrogens (tertiary/aromatic N) is 3. The largest absolute Gasteiger partial charge is 0.486 e. The van der Waals surface area contributed by atoms with E-state index < -0.39 is 9.84 Å². The van der Waals surface area contributed by atoms with Crippen molar-refractivity contribution in [2.75, 3.05) is 11.5 Å². The lowest BCUT2D eigenvalue weighted by atomic mass is 10.1. The number of rotatable bonds is 3. The summed E-state index contributed by atoms with van der Waals surface area (Å²) in [6.07, 6.45) is 0.416. The molecule has 0 aliphatic carbocycles. The monoisotopic (exact) mass is 321 g/mol. The molecule has 1 aliphatic heterocycles. The second-order valence-electron chi connectivity index (χ2n) is 5.62. The van der Waals surface area contributed by atoms with Gasteiger partial charge in [-0.3, -0.25) is 0 Å². The fourth-order valence-electron chi connectivity index (χ4n) is 2.45. The summed E-state index contributed by atoms with van der Waals surface area (Å²) in [5.41, 5.74) is 2.39. The lowest BCUT2D eigenvalue weighted by Crippen LogP contribution is -2.14. The molecule has 0 spiro atoms. The van der Waals surface area contributed by atoms with Crippen LogP contribution in [0.15, 0.2) is 18.2 Å². The molecule has 0 atom stereocenters. The smallest absolute Gasteiger partial charge is 0.171 e. The van der Waals surface area contributed by atoms with Gasteiger partial charge in [-0.15, -0.1) is 10.2 Å². The highest BCUT2D eigenvalue weighted by Crippen LogP contribution is 2.18. The molecule has 3 rings (SSSR count). The summed E-state index contributed by atoms with van der Waals surface area (Å²) in [4.78, 5) is 0. The van der Waals surface area contributed by atoms with Crippen molar-refractivity contribution in [3.05, 3.63) is 41.0 Å². The molecule has 2 heterocycles. The van der Waals surface area contributed by atoms with Gasteiger partial charge in [0.2, 0.25) is 0 Å². The number of aryl methyl sites for hydroxylation is 3. The lowest BCUT2D eigenvalue weighted by molar-refractivity contribution is 0.289. The quantitative estimate of drug-likeness (QED) is 0.855. The summed E-state index contributed by atoms with van der Waals surface area (Å²) in [6, 6.07) is 5.92. The molecule has 1 aromatic carbocycles. The normalized spacial score (nSPS) is 16.8. The van der Waals surface area contributed by atoms with E-state index in [2.05, 4.69) is 17.1 Å². The standard InChI is InChI=1S/C15H19N3O3S/c1-11-3-4-13(9-12(11)2)21-10-15-17-16-14-5-7-22(19,20)8-6-18(14)15/h3-4,9H,5-8,10H2,1-2H3. The van der Waals surface area contributed by atoms with Crippen LogP contribution in [0.5, 0.6) is 5.75 Å². The zero-order valence-corrected chi connectivity index (χ0v) is 13.6. The maximum Gasteiger partial charge on any atom is 0.171 e. The molecule has 7 heteroatoms. The molecule has 6 nitrogen and oxygen atoms in total. The minimum absolute atomic E-state index is 0.134. The summed E-state index contributed by atoms with van der Waals surface area (Å²) in [7, 11) is -2.98. The molecular weight excluding hydrogens is 302 g/mol. The number of hydrogen-bond donors (Lipinski definition) is 0. The van der Waals surface area contributed by atoms with Crippen LogP contribution in [0.2, 0.25) is 0 Å². The van der Waals surface area contributed by atoms with Crippen molar-refractivity contribution in [3.8, 4) is 5.75 Å². The first-order valence-electron chi connectivity index (χ1n) is 7.26. The molecule has 2 aromatic rings. The maximum atomic E-state index is 11.7. The Labute approximate surface area is 130 Å². The summed E-state index contributed by atoms with van der Waals surface area (Å²) in [5.74, 6) is 2.45. The Morgan fingerprint density at radius 2 is 2.00 bits per heavy atom. The van der Waals surface area contributed by atoms with Gasteiger partial charge in [-0.25, -0.2) is 8.42 Å². The van der Waals surface area contributed by atoms with Crippen LogP contribution in [0.3, 0.4) is 0 Å². The fraction of sp³-hybridized carbons (Fsp3) is 0.467. The molecule has 118 valence electrons. The molecule has 22 heavy (non-hydrogen) atoms. The van der Waals surface area contributed by atoms with Gasteiger partial charge in [-0.05, 0) is 37.1 Å². The third kappa shape index (κ3) is 3.14. The average Bonchev–Trinajstić information content (AvgIpc) is 2.79. The van der Waals surface area contributed by atoms with Gasteiger partial charge in [0.1, 0.15) is 18.2 Å². The Morgan fingerprint density at radius 3 is 2.77 bits per heavy atom. The number of aromatic nitrogens is 3. The Morgan fingerprint density at radius 1 is 1.18 bits per heavy atom. The zero-order chi connectivity index (χ0) is 15.7. The van der Waals surface area contributed by atoms with E-state index in [1.54, 1.807) is 0 Å². The van der Waals surface area contributed by atoms with Crippen molar-refractivity contribution in [1.29, 1.82) is 0 Å². The molecule has 0 bridgehead atoms. The minimum atomic E-state index is -2.98. The molecule has 0 unspecified atom stereocenters. The molecule has 0 amide bonds. The molecular formula is C15H19N3O3S. The fourth-order valence-corrected chi connectivity index (χ4v) is 3.61. The van der Waals surface area contributed by atoms with E-state index in [1.807, 2.05) is 29.7 Å². The Bertz CT molecular complexity index is 796. The van der Waals surface area contributed by atoms with Crippen molar-refractivity contribution in [3.63, 3.8) is 0 Å². The minimum Gasteiger partial charge on any atom is -0.486 e. The van der Waals surface area contributed by atoms with Gasteiger partial charge in [-0.1, -0.05) is 6.07 Å². The molecule has 1 aliphatic rings. The summed E-state index contributed by atoms with van der Waals surface area (Å²) < 4.78 is 31.0. The molecule has 0 saturated heterocycles. The second-order valence-corrected chi connectivity index (χ2v) is 7.92. The van der Waals surface area contributed by atoms with Crippen LogP contribution in [0.25, 0.3) is 0 Å². The van der Waals surface area contributed by atoms with Crippen molar-refractivity contribution in [1.82, 2.24) is 14.8 Å². The Kier molecular flexibility index (Phi) is 3.90. The first-order valence-corrected chi connectivity index (χ1v) is 9.08. The third-order valence-electron chi connectivity index (χ3n) is 4.01. The van der Waals surface area contributed by atoms with Crippen LogP contribution in [0.1, 0.15) is 22.8 Å². The predicted octanol–water partition coefficient (Wildman–Crippen LogP) is 1.44. The van der Waals surface area contributed by atoms with Gasteiger partial charge in [0.15, 0.2) is 15.7 Å². The van der Waals surface area contributed by atoms with E-state index >= 15 is 0 Å². The van der Waals surface area contributed by atoms with Gasteiger partial charge >= 0.3 is 0 Å². The van der Waals surface area contributed by atoms with E-state index in [-0.39, 0.29) is 18.1 Å². The van der Waals surface area contributed by atoms with Crippen molar-refractivity contribution in [2.24, 2.45) is 0 Å². The molecule has 0 N–H and O–H groups in total. The van der Waals surface area contributed by atoms with Gasteiger partial charge in [-0.2, -0.15) is 0 Å². The molecule has 0 radical (unpaired) electrons. The number of sulfone groups is 1. The van der Waals surface area contributed by atoms with Gasteiger partial charge in [0.25, 0.3) is 0 Å². The number of ether oxygens (including phenoxy) is 1. The third-order valence-corrected chi connectivity index (χ3v) is 5.64. The van der Waals surface area contributed by atoms with E-state index in [0.717, 1.165) is 11.6 Å². The summed E-state index contributed by atoms with van der Waals surface area (Å²) in [5, 5.41) is 8.23. The Hall–Kier alpha value is -1.89. The first kappa shape index (κ1) is 15.0. The van der Waals surface area contributed by atoms with Gasteiger partial charge in [0, 0.05) is 13.0 Å². The van der Waals surface area contributed by atoms with E-state index in [0.29, 0.717) is 18.8 Å². The van der Waals surface area contributed by atoms with Crippen LogP contribution in [-0.4, -0.2) is 34.7 Å². The van der Waals surface area contributed by atoms with Crippen molar-refractivity contribution < 1.29 is 13.2 Å². The summed E-state index contributed by atoms with van der Waals surface area (Å²) >= 11 is 0. The topological polar surface area (TPSA) is 74.1 Å². The van der Waals surface area contributed by atoms with Crippen molar-refractivity contribution >= 4 is 9.84 Å². The number of benzene rings is 1. The zero-order valence-electron chi connectivity index (χ0n) is 12.7. The first-order chi connectivity index (χ1) is 10.4. The highest BCUT2D eigenvalue weighted by atomic mass is 32.2. The van der Waals surface area contributed by atoms with Crippen LogP contribution in [0, 0.1) is 13.8 Å². The highest BCUT2D eigenvalue weighted by molar-refractivity contribution is 7.91. The predicted molar refractivity (Wildman–Crippen MR) is 82.6 cm³/mol. The average molecular weight is 321 g/mol.